The van der Waals surface area contributed by atoms with E-state index in [2.05, 4.69) is 15.3 Å². The molecule has 3 heterocycles. The zero-order valence-corrected chi connectivity index (χ0v) is 15.1. The minimum atomic E-state index is -0.354. The van der Waals surface area contributed by atoms with E-state index in [1.54, 1.807) is 36.5 Å². The van der Waals surface area contributed by atoms with Crippen LogP contribution < -0.4 is 10.9 Å². The molecule has 0 saturated carbocycles. The summed E-state index contributed by atoms with van der Waals surface area (Å²) < 4.78 is 1.75. The Morgan fingerprint density at radius 3 is 2.67 bits per heavy atom. The molecule has 0 aliphatic heterocycles. The molecule has 27 heavy (non-hydrogen) atoms. The molecule has 0 unspecified atom stereocenters. The first-order valence-electron chi connectivity index (χ1n) is 8.16. The molecule has 4 aromatic rings. The normalized spacial score (nSPS) is 11.0. The van der Waals surface area contributed by atoms with Crippen molar-refractivity contribution in [3.8, 4) is 0 Å². The smallest absolute Gasteiger partial charge is 0.271 e. The fraction of sp³-hybridized carbons (Fsp3) is 0.105. The highest BCUT2D eigenvalue weighted by Gasteiger charge is 2.13. The summed E-state index contributed by atoms with van der Waals surface area (Å²) in [7, 11) is 0. The summed E-state index contributed by atoms with van der Waals surface area (Å²) in [6.45, 7) is 1.32. The lowest BCUT2D eigenvalue weighted by atomic mass is 10.1. The Bertz CT molecular complexity index is 1240. The van der Waals surface area contributed by atoms with Crippen molar-refractivity contribution in [2.45, 2.75) is 13.5 Å². The van der Waals surface area contributed by atoms with Crippen LogP contribution in [0.25, 0.3) is 20.4 Å². The van der Waals surface area contributed by atoms with Gasteiger partial charge in [0, 0.05) is 22.8 Å². The van der Waals surface area contributed by atoms with E-state index in [0.717, 1.165) is 10.2 Å². The molecule has 0 aliphatic rings. The summed E-state index contributed by atoms with van der Waals surface area (Å²) in [6.07, 6.45) is 3.04. The molecule has 0 fully saturated rings. The summed E-state index contributed by atoms with van der Waals surface area (Å²) in [5.74, 6) is -0.398. The van der Waals surface area contributed by atoms with E-state index in [0.29, 0.717) is 21.5 Å². The molecule has 4 rings (SSSR count). The first-order valence-corrected chi connectivity index (χ1v) is 8.98. The predicted molar refractivity (Wildman–Crippen MR) is 104 cm³/mol. The van der Waals surface area contributed by atoms with E-state index < -0.39 is 0 Å². The standard InChI is InChI=1S/C19H14N4O3S/c1-11(24)12-4-6-13(7-5-12)22-15(25)9-23-10-21-16-14-3-2-8-20-18(14)27-17(16)19(23)26/h2-8,10H,9H2,1H3,(H,22,25). The molecule has 0 bridgehead atoms. The fourth-order valence-corrected chi connectivity index (χ4v) is 3.80. The molecule has 134 valence electrons. The molecule has 1 N–H and O–H groups in total. The van der Waals surface area contributed by atoms with Gasteiger partial charge in [0.15, 0.2) is 5.78 Å². The van der Waals surface area contributed by atoms with Gasteiger partial charge in [0.25, 0.3) is 5.56 Å². The average Bonchev–Trinajstić information content (AvgIpc) is 3.04. The monoisotopic (exact) mass is 378 g/mol. The fourth-order valence-electron chi connectivity index (χ4n) is 2.76. The average molecular weight is 378 g/mol. The summed E-state index contributed by atoms with van der Waals surface area (Å²) in [5, 5.41) is 3.54. The topological polar surface area (TPSA) is 93.9 Å². The second-order valence-electron chi connectivity index (χ2n) is 6.00. The number of carbonyl (C=O) groups excluding carboxylic acids is 2. The van der Waals surface area contributed by atoms with Crippen LogP contribution in [0.5, 0.6) is 0 Å². The van der Waals surface area contributed by atoms with Crippen LogP contribution in [0.15, 0.2) is 53.7 Å². The number of nitrogens with one attached hydrogen (secondary N) is 1. The third kappa shape index (κ3) is 3.22. The largest absolute Gasteiger partial charge is 0.325 e. The zero-order chi connectivity index (χ0) is 19.0. The van der Waals surface area contributed by atoms with Crippen LogP contribution in [0.2, 0.25) is 0 Å². The van der Waals surface area contributed by atoms with E-state index >= 15 is 0 Å². The van der Waals surface area contributed by atoms with Gasteiger partial charge in [-0.1, -0.05) is 0 Å². The van der Waals surface area contributed by atoms with Gasteiger partial charge < -0.3 is 5.32 Å². The van der Waals surface area contributed by atoms with Gasteiger partial charge in [0.05, 0.1) is 11.8 Å². The van der Waals surface area contributed by atoms with E-state index in [1.807, 2.05) is 6.07 Å². The van der Waals surface area contributed by atoms with Crippen molar-refractivity contribution in [2.75, 3.05) is 5.32 Å². The van der Waals surface area contributed by atoms with Crippen LogP contribution >= 0.6 is 11.3 Å². The first kappa shape index (κ1) is 17.0. The van der Waals surface area contributed by atoms with Crippen LogP contribution in [0.3, 0.4) is 0 Å². The number of pyridine rings is 1. The molecule has 0 saturated heterocycles. The third-order valence-electron chi connectivity index (χ3n) is 4.11. The first-order chi connectivity index (χ1) is 13.0. The van der Waals surface area contributed by atoms with Crippen molar-refractivity contribution in [3.05, 3.63) is 64.8 Å². The minimum Gasteiger partial charge on any atom is -0.325 e. The predicted octanol–water partition coefficient (Wildman–Crippen LogP) is 2.85. The molecule has 8 heteroatoms. The second kappa shape index (κ2) is 6.73. The highest BCUT2D eigenvalue weighted by atomic mass is 32.1. The number of nitrogens with zero attached hydrogens (tertiary/aromatic N) is 3. The summed E-state index contributed by atoms with van der Waals surface area (Å²) in [5.41, 5.74) is 1.45. The SMILES string of the molecule is CC(=O)c1ccc(NC(=O)Cn2cnc3c(sc4ncccc43)c2=O)cc1. The van der Waals surface area contributed by atoms with E-state index in [-0.39, 0.29) is 23.8 Å². The van der Waals surface area contributed by atoms with E-state index in [4.69, 9.17) is 0 Å². The molecule has 3 aromatic heterocycles. The lowest BCUT2D eigenvalue weighted by Crippen LogP contribution is -2.27. The molecule has 0 spiro atoms. The highest BCUT2D eigenvalue weighted by molar-refractivity contribution is 7.25. The van der Waals surface area contributed by atoms with E-state index in [9.17, 15) is 14.4 Å². The van der Waals surface area contributed by atoms with E-state index in [1.165, 1.54) is 29.2 Å². The summed E-state index contributed by atoms with van der Waals surface area (Å²) in [4.78, 5) is 45.6. The maximum Gasteiger partial charge on any atom is 0.271 e. The maximum absolute atomic E-state index is 12.7. The molecule has 0 radical (unpaired) electrons. The quantitative estimate of drug-likeness (QED) is 0.551. The highest BCUT2D eigenvalue weighted by Crippen LogP contribution is 2.27. The third-order valence-corrected chi connectivity index (χ3v) is 5.20. The minimum absolute atomic E-state index is 0.0448. The number of hydrogen-bond donors (Lipinski definition) is 1. The summed E-state index contributed by atoms with van der Waals surface area (Å²) in [6, 6.07) is 10.2. The van der Waals surface area contributed by atoms with Gasteiger partial charge in [-0.25, -0.2) is 9.97 Å². The van der Waals surface area contributed by atoms with Gasteiger partial charge in [-0.05, 0) is 43.3 Å². The van der Waals surface area contributed by atoms with Gasteiger partial charge in [-0.3, -0.25) is 19.0 Å². The summed E-state index contributed by atoms with van der Waals surface area (Å²) >= 11 is 1.27. The van der Waals surface area contributed by atoms with Crippen molar-refractivity contribution in [2.24, 2.45) is 0 Å². The van der Waals surface area contributed by atoms with Crippen molar-refractivity contribution in [1.82, 2.24) is 14.5 Å². The Morgan fingerprint density at radius 1 is 1.15 bits per heavy atom. The second-order valence-corrected chi connectivity index (χ2v) is 6.99. The Kier molecular flexibility index (Phi) is 4.25. The number of rotatable bonds is 4. The van der Waals surface area contributed by atoms with Crippen LogP contribution in [-0.2, 0) is 11.3 Å². The van der Waals surface area contributed by atoms with Crippen LogP contribution in [-0.4, -0.2) is 26.2 Å². The van der Waals surface area contributed by atoms with Crippen molar-refractivity contribution in [3.63, 3.8) is 0 Å². The molecule has 7 nitrogen and oxygen atoms in total. The molecule has 1 amide bonds. The number of hydrogen-bond acceptors (Lipinski definition) is 6. The maximum atomic E-state index is 12.7. The number of carbonyl (C=O) groups is 2. The molecular weight excluding hydrogens is 364 g/mol. The molecular formula is C19H14N4O3S. The number of Topliss-reactive ketones (excluding diaryl/α,β-unsaturated/α-hetero) is 1. The number of thiophene rings is 1. The van der Waals surface area contributed by atoms with Gasteiger partial charge in [-0.2, -0.15) is 0 Å². The van der Waals surface area contributed by atoms with Crippen molar-refractivity contribution >= 4 is 49.1 Å². The van der Waals surface area contributed by atoms with Crippen LogP contribution in [0.4, 0.5) is 5.69 Å². The number of ketones is 1. The number of amides is 1. The molecule has 1 aromatic carbocycles. The number of aromatic nitrogens is 3. The van der Waals surface area contributed by atoms with Gasteiger partial charge >= 0.3 is 0 Å². The Labute approximate surface area is 157 Å². The lowest BCUT2D eigenvalue weighted by molar-refractivity contribution is -0.116. The Hall–Kier alpha value is -3.39. The zero-order valence-electron chi connectivity index (χ0n) is 14.3. The molecule has 0 aliphatic carbocycles. The van der Waals surface area contributed by atoms with Gasteiger partial charge in [0.2, 0.25) is 5.91 Å². The van der Waals surface area contributed by atoms with Gasteiger partial charge in [-0.15, -0.1) is 11.3 Å². The van der Waals surface area contributed by atoms with Crippen molar-refractivity contribution in [1.29, 1.82) is 0 Å². The van der Waals surface area contributed by atoms with Gasteiger partial charge in [0.1, 0.15) is 16.1 Å². The molecule has 0 atom stereocenters. The lowest BCUT2D eigenvalue weighted by Gasteiger charge is -2.07. The van der Waals surface area contributed by atoms with Crippen LogP contribution in [0.1, 0.15) is 17.3 Å². The Morgan fingerprint density at radius 2 is 1.93 bits per heavy atom. The Balaban J connectivity index is 1.58. The van der Waals surface area contributed by atoms with Crippen LogP contribution in [0, 0.1) is 0 Å². The van der Waals surface area contributed by atoms with Crippen molar-refractivity contribution < 1.29 is 9.59 Å². The number of anilines is 1. The number of fused-ring (bicyclic) bond motifs is 3. The number of benzene rings is 1.